The van der Waals surface area contributed by atoms with Crippen molar-refractivity contribution >= 4 is 11.8 Å². The lowest BCUT2D eigenvalue weighted by Gasteiger charge is -2.16. The molecule has 1 radical (unpaired) electrons. The minimum absolute atomic E-state index is 0.428. The van der Waals surface area contributed by atoms with E-state index in [1.165, 1.54) is 5.75 Å². The minimum atomic E-state index is 0.428. The van der Waals surface area contributed by atoms with E-state index >= 15 is 0 Å². The Bertz CT molecular complexity index is 51.9. The van der Waals surface area contributed by atoms with Crippen LogP contribution >= 0.6 is 11.8 Å². The second-order valence-electron chi connectivity index (χ2n) is 2.81. The van der Waals surface area contributed by atoms with Crippen molar-refractivity contribution in [1.82, 2.24) is 0 Å². The van der Waals surface area contributed by atoms with E-state index in [1.807, 2.05) is 11.8 Å². The molecular formula is C7H15S. The molecule has 8 heavy (non-hydrogen) atoms. The predicted octanol–water partition coefficient (Wildman–Crippen LogP) is 2.74. The number of hydrogen-bond donors (Lipinski definition) is 0. The number of rotatable bonds is 2. The number of thioether (sulfide) groups is 1. The fourth-order valence-corrected chi connectivity index (χ4v) is 1.14. The highest BCUT2D eigenvalue weighted by molar-refractivity contribution is 8.00. The van der Waals surface area contributed by atoms with E-state index in [-0.39, 0.29) is 0 Å². The zero-order valence-corrected chi connectivity index (χ0v) is 6.85. The Balaban J connectivity index is 3.11. The molecule has 0 spiro atoms. The molecule has 0 rings (SSSR count). The van der Waals surface area contributed by atoms with Gasteiger partial charge in [0, 0.05) is 4.75 Å². The van der Waals surface area contributed by atoms with E-state index in [0.717, 1.165) is 6.42 Å². The van der Waals surface area contributed by atoms with E-state index in [1.54, 1.807) is 0 Å². The fraction of sp³-hybridized carbons (Fsp3) is 0.857. The van der Waals surface area contributed by atoms with Gasteiger partial charge in [-0.3, -0.25) is 0 Å². The van der Waals surface area contributed by atoms with Crippen LogP contribution < -0.4 is 0 Å². The summed E-state index contributed by atoms with van der Waals surface area (Å²) < 4.78 is 0.428. The zero-order valence-electron chi connectivity index (χ0n) is 6.03. The predicted molar refractivity (Wildman–Crippen MR) is 42.2 cm³/mol. The lowest BCUT2D eigenvalue weighted by Crippen LogP contribution is -2.07. The van der Waals surface area contributed by atoms with E-state index in [4.69, 9.17) is 0 Å². The molecule has 0 bridgehead atoms. The van der Waals surface area contributed by atoms with Crippen LogP contribution in [-0.4, -0.2) is 10.5 Å². The average molecular weight is 131 g/mol. The third kappa shape index (κ3) is 6.35. The third-order valence-corrected chi connectivity index (χ3v) is 2.04. The SMILES string of the molecule is [CH2]CCSC(C)(C)C. The normalized spacial score (nSPS) is 12.0. The molecule has 0 saturated carbocycles. The van der Waals surface area contributed by atoms with Gasteiger partial charge in [-0.1, -0.05) is 27.7 Å². The van der Waals surface area contributed by atoms with Gasteiger partial charge < -0.3 is 0 Å². The fourth-order valence-electron chi connectivity index (χ4n) is 0.378. The molecule has 0 aromatic heterocycles. The summed E-state index contributed by atoms with van der Waals surface area (Å²) in [4.78, 5) is 0. The molecule has 0 N–H and O–H groups in total. The molecule has 49 valence electrons. The van der Waals surface area contributed by atoms with E-state index < -0.39 is 0 Å². The van der Waals surface area contributed by atoms with Crippen LogP contribution in [0.4, 0.5) is 0 Å². The van der Waals surface area contributed by atoms with E-state index in [0.29, 0.717) is 4.75 Å². The van der Waals surface area contributed by atoms with Gasteiger partial charge in [0.1, 0.15) is 0 Å². The summed E-state index contributed by atoms with van der Waals surface area (Å²) >= 11 is 1.97. The summed E-state index contributed by atoms with van der Waals surface area (Å²) in [7, 11) is 0. The Labute approximate surface area is 57.1 Å². The Morgan fingerprint density at radius 1 is 1.38 bits per heavy atom. The number of hydrogen-bond acceptors (Lipinski definition) is 1. The van der Waals surface area contributed by atoms with Gasteiger partial charge in [0.25, 0.3) is 0 Å². The molecule has 0 fully saturated rings. The second kappa shape index (κ2) is 3.39. The van der Waals surface area contributed by atoms with Gasteiger partial charge in [-0.2, -0.15) is 11.8 Å². The van der Waals surface area contributed by atoms with Crippen molar-refractivity contribution < 1.29 is 0 Å². The van der Waals surface area contributed by atoms with Gasteiger partial charge in [-0.15, -0.1) is 0 Å². The molecule has 0 aromatic rings. The van der Waals surface area contributed by atoms with Crippen LogP contribution in [0.5, 0.6) is 0 Å². The molecule has 0 heterocycles. The highest BCUT2D eigenvalue weighted by atomic mass is 32.2. The van der Waals surface area contributed by atoms with Crippen LogP contribution in [0, 0.1) is 6.92 Å². The summed E-state index contributed by atoms with van der Waals surface area (Å²) in [5, 5.41) is 0. The molecule has 1 heteroatoms. The molecular weight excluding hydrogens is 116 g/mol. The van der Waals surface area contributed by atoms with Crippen molar-refractivity contribution in [2.75, 3.05) is 5.75 Å². The van der Waals surface area contributed by atoms with Crippen LogP contribution in [-0.2, 0) is 0 Å². The molecule has 0 aliphatic rings. The maximum absolute atomic E-state index is 3.77. The summed E-state index contributed by atoms with van der Waals surface area (Å²) in [5.41, 5.74) is 0. The molecule has 0 nitrogen and oxygen atoms in total. The maximum Gasteiger partial charge on any atom is 0.00750 e. The van der Waals surface area contributed by atoms with Crippen LogP contribution in [0.15, 0.2) is 0 Å². The highest BCUT2D eigenvalue weighted by Crippen LogP contribution is 2.22. The monoisotopic (exact) mass is 131 g/mol. The lowest BCUT2D eigenvalue weighted by molar-refractivity contribution is 0.802. The largest absolute Gasteiger partial charge is 0.156 e. The van der Waals surface area contributed by atoms with Crippen molar-refractivity contribution in [1.29, 1.82) is 0 Å². The lowest BCUT2D eigenvalue weighted by atomic mass is 10.3. The Morgan fingerprint density at radius 2 is 1.88 bits per heavy atom. The van der Waals surface area contributed by atoms with Gasteiger partial charge in [0.05, 0.1) is 0 Å². The Kier molecular flexibility index (Phi) is 3.54. The van der Waals surface area contributed by atoms with Crippen LogP contribution in [0.3, 0.4) is 0 Å². The maximum atomic E-state index is 3.77. The van der Waals surface area contributed by atoms with Crippen LogP contribution in [0.2, 0.25) is 0 Å². The highest BCUT2D eigenvalue weighted by Gasteiger charge is 2.07. The van der Waals surface area contributed by atoms with Gasteiger partial charge in [0.2, 0.25) is 0 Å². The van der Waals surface area contributed by atoms with Crippen molar-refractivity contribution in [2.24, 2.45) is 0 Å². The van der Waals surface area contributed by atoms with Gasteiger partial charge in [-0.05, 0) is 12.2 Å². The van der Waals surface area contributed by atoms with Crippen LogP contribution in [0.1, 0.15) is 27.2 Å². The summed E-state index contributed by atoms with van der Waals surface area (Å²) in [5.74, 6) is 1.18. The first kappa shape index (κ1) is 8.35. The first-order valence-electron chi connectivity index (χ1n) is 2.99. The van der Waals surface area contributed by atoms with Crippen molar-refractivity contribution in [3.05, 3.63) is 6.92 Å². The molecule has 0 aromatic carbocycles. The zero-order chi connectivity index (χ0) is 6.62. The molecule has 0 aliphatic heterocycles. The average Bonchev–Trinajstić information content (AvgIpc) is 1.59. The second-order valence-corrected chi connectivity index (χ2v) is 4.74. The molecule has 0 unspecified atom stereocenters. The van der Waals surface area contributed by atoms with Crippen LogP contribution in [0.25, 0.3) is 0 Å². The molecule has 0 aliphatic carbocycles. The first-order chi connectivity index (χ1) is 3.56. The summed E-state index contributed by atoms with van der Waals surface area (Å²) in [6, 6.07) is 0. The van der Waals surface area contributed by atoms with Gasteiger partial charge in [0.15, 0.2) is 0 Å². The topological polar surface area (TPSA) is 0 Å². The molecule has 0 amide bonds. The third-order valence-electron chi connectivity index (χ3n) is 0.679. The summed E-state index contributed by atoms with van der Waals surface area (Å²) in [6.07, 6.45) is 1.04. The van der Waals surface area contributed by atoms with Gasteiger partial charge >= 0.3 is 0 Å². The first-order valence-corrected chi connectivity index (χ1v) is 3.98. The Morgan fingerprint density at radius 3 is 2.00 bits per heavy atom. The molecule has 0 saturated heterocycles. The van der Waals surface area contributed by atoms with Crippen molar-refractivity contribution in [2.45, 2.75) is 31.9 Å². The van der Waals surface area contributed by atoms with Gasteiger partial charge in [-0.25, -0.2) is 0 Å². The minimum Gasteiger partial charge on any atom is -0.156 e. The Hall–Kier alpha value is 0.350. The van der Waals surface area contributed by atoms with Crippen molar-refractivity contribution in [3.63, 3.8) is 0 Å². The van der Waals surface area contributed by atoms with E-state index in [9.17, 15) is 0 Å². The standard InChI is InChI=1S/C7H15S/c1-5-6-8-7(2,3)4/h1,5-6H2,2-4H3. The molecule has 0 atom stereocenters. The summed E-state index contributed by atoms with van der Waals surface area (Å²) in [6.45, 7) is 10.5. The smallest absolute Gasteiger partial charge is 0.00750 e. The van der Waals surface area contributed by atoms with Crippen molar-refractivity contribution in [3.8, 4) is 0 Å². The quantitative estimate of drug-likeness (QED) is 0.555. The van der Waals surface area contributed by atoms with E-state index in [2.05, 4.69) is 27.7 Å².